The predicted molar refractivity (Wildman–Crippen MR) is 119 cm³/mol. The summed E-state index contributed by atoms with van der Waals surface area (Å²) in [6.45, 7) is 0.533. The van der Waals surface area contributed by atoms with Crippen LogP contribution < -0.4 is 5.32 Å². The molecule has 1 aliphatic rings. The molecule has 1 aromatic heterocycles. The van der Waals surface area contributed by atoms with Gasteiger partial charge in [-0.05, 0) is 17.7 Å². The van der Waals surface area contributed by atoms with Crippen LogP contribution in [0.2, 0.25) is 10.0 Å². The fraction of sp³-hybridized carbons (Fsp3) is 0.100. The predicted octanol–water partition coefficient (Wildman–Crippen LogP) is 4.46. The Bertz CT molecular complexity index is 1110. The van der Waals surface area contributed by atoms with Gasteiger partial charge in [-0.2, -0.15) is 10.2 Å². The molecule has 1 amide bonds. The molecule has 6 nitrogen and oxygen atoms in total. The van der Waals surface area contributed by atoms with Crippen LogP contribution in [0.5, 0.6) is 0 Å². The van der Waals surface area contributed by atoms with Crippen molar-refractivity contribution < 1.29 is 4.79 Å². The normalized spacial score (nSPS) is 15.4. The van der Waals surface area contributed by atoms with Gasteiger partial charge in [-0.25, -0.2) is 0 Å². The van der Waals surface area contributed by atoms with Gasteiger partial charge in [-0.3, -0.25) is 9.48 Å². The van der Waals surface area contributed by atoms with Crippen molar-refractivity contribution in [3.8, 4) is 11.3 Å². The first-order valence-electron chi connectivity index (χ1n) is 8.69. The Balaban J connectivity index is 1.63. The summed E-state index contributed by atoms with van der Waals surface area (Å²) in [6.07, 6.45) is 3.54. The molecule has 4 rings (SSSR count). The summed E-state index contributed by atoms with van der Waals surface area (Å²) >= 11 is 13.5. The molecule has 146 valence electrons. The highest BCUT2D eigenvalue weighted by Gasteiger charge is 2.16. The lowest BCUT2D eigenvalue weighted by molar-refractivity contribution is -0.116. The van der Waals surface area contributed by atoms with Crippen LogP contribution in [-0.2, 0) is 11.3 Å². The highest BCUT2D eigenvalue weighted by molar-refractivity contribution is 8.15. The molecule has 1 aliphatic heterocycles. The standard InChI is InChI=1S/C20H15Cl2N5OS/c21-16-7-6-13(8-17(16)22)10-27-11-15(9-23-25-20-24-18(28)12-29-20)19(26-27)14-4-2-1-3-5-14/h1-9,11H,10,12H2,(H,24,25,28)/b23-9+. The zero-order valence-corrected chi connectivity index (χ0v) is 17.4. The summed E-state index contributed by atoms with van der Waals surface area (Å²) in [5, 5.41) is 17.1. The maximum Gasteiger partial charge on any atom is 0.236 e. The van der Waals surface area contributed by atoms with Crippen LogP contribution in [0.15, 0.2) is 64.9 Å². The van der Waals surface area contributed by atoms with E-state index in [0.29, 0.717) is 27.5 Å². The minimum Gasteiger partial charge on any atom is -0.303 e. The van der Waals surface area contributed by atoms with Crippen LogP contribution in [0.1, 0.15) is 11.1 Å². The Labute approximate surface area is 181 Å². The van der Waals surface area contributed by atoms with Gasteiger partial charge in [-0.15, -0.1) is 5.10 Å². The summed E-state index contributed by atoms with van der Waals surface area (Å²) in [4.78, 5) is 11.3. The van der Waals surface area contributed by atoms with E-state index in [4.69, 9.17) is 28.3 Å². The average Bonchev–Trinajstić information content (AvgIpc) is 3.31. The SMILES string of the molecule is O=C1CS/C(=N/N=C/c2cn(Cc3ccc(Cl)c(Cl)c3)nc2-c2ccccc2)N1. The van der Waals surface area contributed by atoms with Gasteiger partial charge in [0.25, 0.3) is 0 Å². The molecule has 0 atom stereocenters. The highest BCUT2D eigenvalue weighted by atomic mass is 35.5. The van der Waals surface area contributed by atoms with Crippen molar-refractivity contribution in [2.24, 2.45) is 10.2 Å². The minimum absolute atomic E-state index is 0.0663. The molecule has 2 aromatic carbocycles. The number of aromatic nitrogens is 2. The van der Waals surface area contributed by atoms with Crippen molar-refractivity contribution in [2.45, 2.75) is 6.54 Å². The first-order valence-corrected chi connectivity index (χ1v) is 10.4. The van der Waals surface area contributed by atoms with E-state index < -0.39 is 0 Å². The first-order chi connectivity index (χ1) is 14.1. The van der Waals surface area contributed by atoms with Crippen molar-refractivity contribution in [3.63, 3.8) is 0 Å². The van der Waals surface area contributed by atoms with E-state index in [1.54, 1.807) is 12.3 Å². The van der Waals surface area contributed by atoms with Crippen LogP contribution in [0.3, 0.4) is 0 Å². The molecule has 0 radical (unpaired) electrons. The van der Waals surface area contributed by atoms with E-state index >= 15 is 0 Å². The van der Waals surface area contributed by atoms with Gasteiger partial charge in [-0.1, -0.05) is 71.4 Å². The smallest absolute Gasteiger partial charge is 0.236 e. The van der Waals surface area contributed by atoms with Gasteiger partial charge < -0.3 is 5.32 Å². The van der Waals surface area contributed by atoms with Gasteiger partial charge in [0.15, 0.2) is 5.17 Å². The third-order valence-corrected chi connectivity index (χ3v) is 5.70. The number of amidine groups is 1. The molecule has 0 aliphatic carbocycles. The number of thioether (sulfide) groups is 1. The van der Waals surface area contributed by atoms with Crippen molar-refractivity contribution >= 4 is 52.3 Å². The Morgan fingerprint density at radius 1 is 1.17 bits per heavy atom. The topological polar surface area (TPSA) is 71.6 Å². The second kappa shape index (κ2) is 8.82. The number of benzene rings is 2. The third kappa shape index (κ3) is 4.87. The Kier molecular flexibility index (Phi) is 5.99. The number of carbonyl (C=O) groups is 1. The monoisotopic (exact) mass is 443 g/mol. The molecular weight excluding hydrogens is 429 g/mol. The van der Waals surface area contributed by atoms with E-state index in [0.717, 1.165) is 22.4 Å². The Morgan fingerprint density at radius 3 is 2.72 bits per heavy atom. The van der Waals surface area contributed by atoms with E-state index in [-0.39, 0.29) is 5.91 Å². The fourth-order valence-electron chi connectivity index (χ4n) is 2.78. The van der Waals surface area contributed by atoms with Gasteiger partial charge >= 0.3 is 0 Å². The van der Waals surface area contributed by atoms with Crippen LogP contribution in [0, 0.1) is 0 Å². The molecule has 9 heteroatoms. The lowest BCUT2D eigenvalue weighted by atomic mass is 10.1. The van der Waals surface area contributed by atoms with Crippen LogP contribution in [-0.4, -0.2) is 32.8 Å². The van der Waals surface area contributed by atoms with Gasteiger partial charge in [0.2, 0.25) is 5.91 Å². The number of nitrogens with zero attached hydrogens (tertiary/aromatic N) is 4. The quantitative estimate of drug-likeness (QED) is 0.467. The molecule has 1 N–H and O–H groups in total. The first kappa shape index (κ1) is 19.7. The number of amides is 1. The number of halogens is 2. The van der Waals surface area contributed by atoms with Crippen molar-refractivity contribution in [2.75, 3.05) is 5.75 Å². The molecule has 29 heavy (non-hydrogen) atoms. The van der Waals surface area contributed by atoms with E-state index in [1.165, 1.54) is 11.8 Å². The molecular formula is C20H15Cl2N5OS. The zero-order valence-electron chi connectivity index (χ0n) is 15.0. The maximum absolute atomic E-state index is 11.3. The molecule has 0 saturated carbocycles. The summed E-state index contributed by atoms with van der Waals surface area (Å²) in [5.74, 6) is 0.300. The second-order valence-electron chi connectivity index (χ2n) is 6.23. The molecule has 0 spiro atoms. The van der Waals surface area contributed by atoms with Crippen LogP contribution in [0.25, 0.3) is 11.3 Å². The Hall–Kier alpha value is -2.61. The second-order valence-corrected chi connectivity index (χ2v) is 8.01. The van der Waals surface area contributed by atoms with Gasteiger partial charge in [0, 0.05) is 17.3 Å². The van der Waals surface area contributed by atoms with E-state index in [1.807, 2.05) is 53.3 Å². The summed E-state index contributed by atoms with van der Waals surface area (Å²) in [5.41, 5.74) is 3.56. The Morgan fingerprint density at radius 2 is 2.00 bits per heavy atom. The molecule has 3 aromatic rings. The van der Waals surface area contributed by atoms with Crippen molar-refractivity contribution in [1.82, 2.24) is 15.1 Å². The lowest BCUT2D eigenvalue weighted by Gasteiger charge is -2.03. The van der Waals surface area contributed by atoms with Crippen LogP contribution in [0.4, 0.5) is 0 Å². The zero-order chi connectivity index (χ0) is 20.2. The van der Waals surface area contributed by atoms with Gasteiger partial charge in [0.05, 0.1) is 28.6 Å². The fourth-order valence-corrected chi connectivity index (χ4v) is 3.73. The summed E-state index contributed by atoms with van der Waals surface area (Å²) in [7, 11) is 0. The molecule has 1 saturated heterocycles. The molecule has 0 unspecified atom stereocenters. The molecule has 0 bridgehead atoms. The third-order valence-electron chi connectivity index (χ3n) is 4.10. The lowest BCUT2D eigenvalue weighted by Crippen LogP contribution is -2.19. The number of carbonyl (C=O) groups excluding carboxylic acids is 1. The summed E-state index contributed by atoms with van der Waals surface area (Å²) < 4.78 is 1.82. The minimum atomic E-state index is -0.0663. The molecule has 2 heterocycles. The van der Waals surface area contributed by atoms with Crippen molar-refractivity contribution in [1.29, 1.82) is 0 Å². The van der Waals surface area contributed by atoms with Gasteiger partial charge in [0.1, 0.15) is 5.69 Å². The number of rotatable bonds is 5. The maximum atomic E-state index is 11.3. The number of hydrogen-bond donors (Lipinski definition) is 1. The number of hydrogen-bond acceptors (Lipinski definition) is 5. The number of nitrogens with one attached hydrogen (secondary N) is 1. The van der Waals surface area contributed by atoms with E-state index in [9.17, 15) is 4.79 Å². The largest absolute Gasteiger partial charge is 0.303 e. The van der Waals surface area contributed by atoms with E-state index in [2.05, 4.69) is 15.5 Å². The van der Waals surface area contributed by atoms with Crippen LogP contribution >= 0.6 is 35.0 Å². The average molecular weight is 444 g/mol. The highest BCUT2D eigenvalue weighted by Crippen LogP contribution is 2.24. The summed E-state index contributed by atoms with van der Waals surface area (Å²) in [6, 6.07) is 15.4. The van der Waals surface area contributed by atoms with Crippen molar-refractivity contribution in [3.05, 3.63) is 75.9 Å². The molecule has 1 fully saturated rings.